The van der Waals surface area contributed by atoms with Gasteiger partial charge in [-0.2, -0.15) is 0 Å². The van der Waals surface area contributed by atoms with Gasteiger partial charge in [-0.05, 0) is 42.5 Å². The van der Waals surface area contributed by atoms with Crippen molar-refractivity contribution in [2.75, 3.05) is 38.5 Å². The zero-order valence-electron chi connectivity index (χ0n) is 14.6. The first-order valence-corrected chi connectivity index (χ1v) is 8.52. The average molecular weight is 356 g/mol. The molecular weight excluding hydrogens is 336 g/mol. The highest BCUT2D eigenvalue weighted by Gasteiger charge is 2.14. The fraction of sp³-hybridized carbons (Fsp3) is 0.222. The zero-order chi connectivity index (χ0) is 17.8. The second-order valence-corrected chi connectivity index (χ2v) is 6.30. The van der Waals surface area contributed by atoms with Gasteiger partial charge in [0.25, 0.3) is 0 Å². The lowest BCUT2D eigenvalue weighted by atomic mass is 10.3. The van der Waals surface area contributed by atoms with E-state index in [1.54, 1.807) is 32.6 Å². The molecule has 2 aromatic carbocycles. The third-order valence-corrected chi connectivity index (χ3v) is 4.84. The van der Waals surface area contributed by atoms with Crippen molar-refractivity contribution >= 4 is 38.3 Å². The Morgan fingerprint density at radius 1 is 1.08 bits per heavy atom. The number of rotatable bonds is 4. The molecule has 0 aliphatic rings. The number of aliphatic imine (C=N–C) groups is 1. The number of anilines is 2. The van der Waals surface area contributed by atoms with Gasteiger partial charge in [-0.3, -0.25) is 9.89 Å². The van der Waals surface area contributed by atoms with Crippen molar-refractivity contribution in [1.82, 2.24) is 4.98 Å². The number of thiazole rings is 1. The average Bonchev–Trinajstić information content (AvgIpc) is 3.09. The Morgan fingerprint density at radius 3 is 2.40 bits per heavy atom. The lowest BCUT2D eigenvalue weighted by Crippen LogP contribution is -2.32. The van der Waals surface area contributed by atoms with Gasteiger partial charge in [0.2, 0.25) is 5.96 Å². The van der Waals surface area contributed by atoms with E-state index < -0.39 is 0 Å². The molecule has 25 heavy (non-hydrogen) atoms. The number of ether oxygens (including phenoxy) is 2. The maximum Gasteiger partial charge on any atom is 0.204 e. The third kappa shape index (κ3) is 3.66. The number of hydrogen-bond donors (Lipinski definition) is 1. The van der Waals surface area contributed by atoms with E-state index in [4.69, 9.17) is 9.47 Å². The fourth-order valence-corrected chi connectivity index (χ4v) is 3.30. The van der Waals surface area contributed by atoms with Crippen LogP contribution < -0.4 is 19.7 Å². The van der Waals surface area contributed by atoms with E-state index in [2.05, 4.69) is 15.3 Å². The molecule has 0 unspecified atom stereocenters. The molecule has 0 aliphatic carbocycles. The monoisotopic (exact) mass is 356 g/mol. The summed E-state index contributed by atoms with van der Waals surface area (Å²) in [5.41, 5.74) is 1.86. The second kappa shape index (κ2) is 7.40. The summed E-state index contributed by atoms with van der Waals surface area (Å²) in [5.74, 6) is 2.34. The molecule has 0 aliphatic heterocycles. The summed E-state index contributed by atoms with van der Waals surface area (Å²) in [4.78, 5) is 11.0. The van der Waals surface area contributed by atoms with E-state index in [9.17, 15) is 0 Å². The molecule has 6 nitrogen and oxygen atoms in total. The van der Waals surface area contributed by atoms with Gasteiger partial charge in [0.05, 0.1) is 24.4 Å². The molecule has 1 N–H and O–H groups in total. The van der Waals surface area contributed by atoms with Crippen LogP contribution in [-0.4, -0.2) is 39.3 Å². The quantitative estimate of drug-likeness (QED) is 0.568. The highest BCUT2D eigenvalue weighted by atomic mass is 32.1. The van der Waals surface area contributed by atoms with Gasteiger partial charge >= 0.3 is 0 Å². The lowest BCUT2D eigenvalue weighted by molar-refractivity contribution is 0.415. The van der Waals surface area contributed by atoms with E-state index >= 15 is 0 Å². The molecule has 1 heterocycles. The molecule has 1 aromatic heterocycles. The molecular formula is C18H20N4O2S. The summed E-state index contributed by atoms with van der Waals surface area (Å²) in [6.07, 6.45) is 0. The molecule has 3 aromatic rings. The van der Waals surface area contributed by atoms with Crippen LogP contribution in [0.5, 0.6) is 11.5 Å². The van der Waals surface area contributed by atoms with Crippen molar-refractivity contribution in [3.63, 3.8) is 0 Å². The van der Waals surface area contributed by atoms with Crippen molar-refractivity contribution in [3.05, 3.63) is 42.5 Å². The first-order valence-electron chi connectivity index (χ1n) is 7.70. The minimum Gasteiger partial charge on any atom is -0.497 e. The number of benzene rings is 2. The fourth-order valence-electron chi connectivity index (χ4n) is 2.35. The predicted octanol–water partition coefficient (Wildman–Crippen LogP) is 3.85. The number of aromatic nitrogens is 1. The molecule has 0 fully saturated rings. The molecule has 0 atom stereocenters. The molecule has 3 rings (SSSR count). The molecule has 0 bridgehead atoms. The van der Waals surface area contributed by atoms with Crippen LogP contribution >= 0.6 is 11.3 Å². The lowest BCUT2D eigenvalue weighted by Gasteiger charge is -2.19. The van der Waals surface area contributed by atoms with Gasteiger partial charge in [0.1, 0.15) is 11.5 Å². The van der Waals surface area contributed by atoms with Crippen molar-refractivity contribution in [2.45, 2.75) is 0 Å². The topological polar surface area (TPSA) is 59.0 Å². The highest BCUT2D eigenvalue weighted by Crippen LogP contribution is 2.31. The summed E-state index contributed by atoms with van der Waals surface area (Å²) in [5, 5.41) is 4.16. The molecule has 7 heteroatoms. The van der Waals surface area contributed by atoms with E-state index in [-0.39, 0.29) is 0 Å². The van der Waals surface area contributed by atoms with Gasteiger partial charge in [-0.15, -0.1) is 0 Å². The first kappa shape index (κ1) is 17.0. The predicted molar refractivity (Wildman–Crippen MR) is 105 cm³/mol. The molecule has 130 valence electrons. The summed E-state index contributed by atoms with van der Waals surface area (Å²) in [6.45, 7) is 0. The minimum absolute atomic E-state index is 0.705. The van der Waals surface area contributed by atoms with Gasteiger partial charge in [0, 0.05) is 19.8 Å². The molecule has 0 saturated heterocycles. The van der Waals surface area contributed by atoms with Gasteiger partial charge < -0.3 is 14.8 Å². The van der Waals surface area contributed by atoms with E-state index in [1.165, 1.54) is 0 Å². The summed E-state index contributed by atoms with van der Waals surface area (Å²) in [6, 6.07) is 13.6. The van der Waals surface area contributed by atoms with Gasteiger partial charge in [-0.25, -0.2) is 4.98 Å². The second-order valence-electron chi connectivity index (χ2n) is 5.29. The standard InChI is InChI=1S/C18H20N4O2S/c1-19-17(20-12-5-7-13(23-3)8-6-12)22(2)18-21-15-10-9-14(24-4)11-16(15)25-18/h5-11H,1-4H3,(H,19,20). The molecule has 0 saturated carbocycles. The van der Waals surface area contributed by atoms with Crippen molar-refractivity contribution < 1.29 is 9.47 Å². The number of nitrogens with zero attached hydrogens (tertiary/aromatic N) is 3. The molecule has 0 spiro atoms. The Hall–Kier alpha value is -2.80. The van der Waals surface area contributed by atoms with E-state index in [0.717, 1.165) is 32.5 Å². The largest absolute Gasteiger partial charge is 0.497 e. The number of guanidine groups is 1. The van der Waals surface area contributed by atoms with Crippen molar-refractivity contribution in [3.8, 4) is 11.5 Å². The summed E-state index contributed by atoms with van der Waals surface area (Å²) >= 11 is 1.59. The Kier molecular flexibility index (Phi) is 5.04. The Bertz CT molecular complexity index is 890. The first-order chi connectivity index (χ1) is 12.1. The maximum absolute atomic E-state index is 5.28. The van der Waals surface area contributed by atoms with Crippen LogP contribution in [0.2, 0.25) is 0 Å². The van der Waals surface area contributed by atoms with Gasteiger partial charge in [-0.1, -0.05) is 11.3 Å². The Morgan fingerprint density at radius 2 is 1.76 bits per heavy atom. The number of nitrogens with one attached hydrogen (secondary N) is 1. The minimum atomic E-state index is 0.705. The number of methoxy groups -OCH3 is 2. The van der Waals surface area contributed by atoms with Crippen LogP contribution in [0.4, 0.5) is 10.8 Å². The maximum atomic E-state index is 5.28. The third-order valence-electron chi connectivity index (χ3n) is 3.75. The number of fused-ring (bicyclic) bond motifs is 1. The van der Waals surface area contributed by atoms with E-state index in [1.807, 2.05) is 54.4 Å². The summed E-state index contributed by atoms with van der Waals surface area (Å²) < 4.78 is 11.5. The van der Waals surface area contributed by atoms with Crippen LogP contribution in [0.25, 0.3) is 10.2 Å². The SMILES string of the molecule is CN=C(Nc1ccc(OC)cc1)N(C)c1nc2ccc(OC)cc2s1. The molecule has 0 radical (unpaired) electrons. The van der Waals surface area contributed by atoms with E-state index in [0.29, 0.717) is 5.96 Å². The Balaban J connectivity index is 1.82. The van der Waals surface area contributed by atoms with Crippen LogP contribution in [0, 0.1) is 0 Å². The van der Waals surface area contributed by atoms with Crippen LogP contribution in [0.15, 0.2) is 47.5 Å². The van der Waals surface area contributed by atoms with Crippen LogP contribution in [-0.2, 0) is 0 Å². The molecule has 0 amide bonds. The van der Waals surface area contributed by atoms with Gasteiger partial charge in [0.15, 0.2) is 5.13 Å². The summed E-state index contributed by atoms with van der Waals surface area (Å²) in [7, 11) is 7.00. The number of hydrogen-bond acceptors (Lipinski definition) is 5. The Labute approximate surface area is 150 Å². The smallest absolute Gasteiger partial charge is 0.204 e. The van der Waals surface area contributed by atoms with Crippen molar-refractivity contribution in [2.24, 2.45) is 4.99 Å². The van der Waals surface area contributed by atoms with Crippen molar-refractivity contribution in [1.29, 1.82) is 0 Å². The van der Waals surface area contributed by atoms with Crippen LogP contribution in [0.1, 0.15) is 0 Å². The normalized spacial score (nSPS) is 11.4. The zero-order valence-corrected chi connectivity index (χ0v) is 15.4. The highest BCUT2D eigenvalue weighted by molar-refractivity contribution is 7.22. The van der Waals surface area contributed by atoms with Crippen LogP contribution in [0.3, 0.4) is 0 Å².